The number of aliphatic hydroxyl groups excluding tert-OH is 3. The van der Waals surface area contributed by atoms with Crippen LogP contribution in [0.15, 0.2) is 0 Å². The molecule has 6 heteroatoms. The molecule has 0 radical (unpaired) electrons. The Morgan fingerprint density at radius 2 is 2.06 bits per heavy atom. The lowest BCUT2D eigenvalue weighted by molar-refractivity contribution is -0.189. The summed E-state index contributed by atoms with van der Waals surface area (Å²) in [5, 5.41) is 30.8. The quantitative estimate of drug-likeness (QED) is 0.468. The SMILES string of the molecule is CCCNC(=O)CC1OC[C@@H](O)[C@H](O)[C@H]1O. The van der Waals surface area contributed by atoms with Gasteiger partial charge in [-0.3, -0.25) is 4.79 Å². The molecule has 0 aromatic carbocycles. The molecule has 1 rings (SSSR count). The summed E-state index contributed by atoms with van der Waals surface area (Å²) >= 11 is 0. The van der Waals surface area contributed by atoms with Crippen LogP contribution in [0, 0.1) is 0 Å². The largest absolute Gasteiger partial charge is 0.388 e. The molecule has 6 nitrogen and oxygen atoms in total. The van der Waals surface area contributed by atoms with E-state index in [9.17, 15) is 20.1 Å². The third-order valence-electron chi connectivity index (χ3n) is 2.56. The molecule has 1 aliphatic heterocycles. The molecule has 1 aliphatic rings. The topological polar surface area (TPSA) is 99.0 Å². The zero-order valence-corrected chi connectivity index (χ0v) is 9.30. The summed E-state index contributed by atoms with van der Waals surface area (Å²) in [5.41, 5.74) is 0. The summed E-state index contributed by atoms with van der Waals surface area (Å²) < 4.78 is 5.10. The maximum Gasteiger partial charge on any atom is 0.222 e. The second kappa shape index (κ2) is 6.15. The number of aliphatic hydroxyl groups is 3. The molecule has 0 spiro atoms. The van der Waals surface area contributed by atoms with Crippen molar-refractivity contribution in [3.63, 3.8) is 0 Å². The lowest BCUT2D eigenvalue weighted by Crippen LogP contribution is -2.53. The van der Waals surface area contributed by atoms with Crippen LogP contribution >= 0.6 is 0 Å². The molecule has 1 amide bonds. The molecular formula is C10H19NO5. The highest BCUT2D eigenvalue weighted by atomic mass is 16.5. The summed E-state index contributed by atoms with van der Waals surface area (Å²) in [4.78, 5) is 11.4. The average Bonchev–Trinajstić information content (AvgIpc) is 2.27. The summed E-state index contributed by atoms with van der Waals surface area (Å²) in [7, 11) is 0. The number of hydrogen-bond donors (Lipinski definition) is 4. The van der Waals surface area contributed by atoms with Crippen LogP contribution in [0.5, 0.6) is 0 Å². The van der Waals surface area contributed by atoms with E-state index in [2.05, 4.69) is 5.32 Å². The molecule has 0 aromatic heterocycles. The standard InChI is InChI=1S/C10H19NO5/c1-2-3-11-8(13)4-7-10(15)9(14)6(12)5-16-7/h6-7,9-10,12,14-15H,2-5H2,1H3,(H,11,13)/t6-,7?,9+,10+/m1/s1. The first kappa shape index (κ1) is 13.4. The highest BCUT2D eigenvalue weighted by Crippen LogP contribution is 2.17. The predicted molar refractivity (Wildman–Crippen MR) is 55.7 cm³/mol. The Morgan fingerprint density at radius 1 is 1.38 bits per heavy atom. The van der Waals surface area contributed by atoms with Crippen molar-refractivity contribution in [3.8, 4) is 0 Å². The van der Waals surface area contributed by atoms with E-state index < -0.39 is 24.4 Å². The summed E-state index contributed by atoms with van der Waals surface area (Å²) in [6.45, 7) is 2.45. The Balaban J connectivity index is 2.39. The maximum absolute atomic E-state index is 11.4. The van der Waals surface area contributed by atoms with Gasteiger partial charge < -0.3 is 25.4 Å². The van der Waals surface area contributed by atoms with Gasteiger partial charge in [-0.25, -0.2) is 0 Å². The van der Waals surface area contributed by atoms with Crippen molar-refractivity contribution in [2.24, 2.45) is 0 Å². The van der Waals surface area contributed by atoms with Crippen LogP contribution in [-0.2, 0) is 9.53 Å². The molecule has 1 unspecified atom stereocenters. The molecular weight excluding hydrogens is 214 g/mol. The molecule has 94 valence electrons. The van der Waals surface area contributed by atoms with E-state index in [1.54, 1.807) is 0 Å². The van der Waals surface area contributed by atoms with Gasteiger partial charge in [0, 0.05) is 6.54 Å². The number of ether oxygens (including phenoxy) is 1. The Kier molecular flexibility index (Phi) is 5.14. The summed E-state index contributed by atoms with van der Waals surface area (Å²) in [6, 6.07) is 0. The zero-order valence-electron chi connectivity index (χ0n) is 9.30. The Labute approximate surface area is 94.2 Å². The van der Waals surface area contributed by atoms with Crippen molar-refractivity contribution >= 4 is 5.91 Å². The molecule has 4 N–H and O–H groups in total. The van der Waals surface area contributed by atoms with Gasteiger partial charge in [-0.05, 0) is 6.42 Å². The number of nitrogens with one attached hydrogen (secondary N) is 1. The third-order valence-corrected chi connectivity index (χ3v) is 2.56. The normalized spacial score (nSPS) is 34.8. The Hall–Kier alpha value is -0.690. The number of carbonyl (C=O) groups excluding carboxylic acids is 1. The van der Waals surface area contributed by atoms with Crippen molar-refractivity contribution in [2.45, 2.75) is 44.2 Å². The number of carbonyl (C=O) groups is 1. The van der Waals surface area contributed by atoms with Crippen LogP contribution in [0.2, 0.25) is 0 Å². The van der Waals surface area contributed by atoms with E-state index in [0.717, 1.165) is 6.42 Å². The lowest BCUT2D eigenvalue weighted by atomic mass is 9.98. The first-order chi connectivity index (χ1) is 7.56. The molecule has 1 fully saturated rings. The van der Waals surface area contributed by atoms with E-state index in [-0.39, 0.29) is 18.9 Å². The smallest absolute Gasteiger partial charge is 0.222 e. The lowest BCUT2D eigenvalue weighted by Gasteiger charge is -2.34. The fourth-order valence-corrected chi connectivity index (χ4v) is 1.57. The van der Waals surface area contributed by atoms with Crippen molar-refractivity contribution in [2.75, 3.05) is 13.2 Å². The monoisotopic (exact) mass is 233 g/mol. The van der Waals surface area contributed by atoms with Crippen molar-refractivity contribution < 1.29 is 24.9 Å². The van der Waals surface area contributed by atoms with E-state index in [1.165, 1.54) is 0 Å². The van der Waals surface area contributed by atoms with Crippen LogP contribution < -0.4 is 5.32 Å². The van der Waals surface area contributed by atoms with Gasteiger partial charge in [0.05, 0.1) is 19.1 Å². The maximum atomic E-state index is 11.4. The molecule has 1 saturated heterocycles. The van der Waals surface area contributed by atoms with Crippen LogP contribution in [0.4, 0.5) is 0 Å². The van der Waals surface area contributed by atoms with Crippen molar-refractivity contribution in [3.05, 3.63) is 0 Å². The second-order valence-corrected chi connectivity index (χ2v) is 3.97. The van der Waals surface area contributed by atoms with Gasteiger partial charge in [0.15, 0.2) is 0 Å². The highest BCUT2D eigenvalue weighted by Gasteiger charge is 2.38. The van der Waals surface area contributed by atoms with Gasteiger partial charge in [-0.1, -0.05) is 6.92 Å². The zero-order chi connectivity index (χ0) is 12.1. The first-order valence-electron chi connectivity index (χ1n) is 5.48. The number of hydrogen-bond acceptors (Lipinski definition) is 5. The predicted octanol–water partition coefficient (Wildman–Crippen LogP) is -1.62. The average molecular weight is 233 g/mol. The van der Waals surface area contributed by atoms with Crippen LogP contribution in [0.25, 0.3) is 0 Å². The molecule has 0 bridgehead atoms. The van der Waals surface area contributed by atoms with Gasteiger partial charge in [0.25, 0.3) is 0 Å². The van der Waals surface area contributed by atoms with E-state index >= 15 is 0 Å². The minimum Gasteiger partial charge on any atom is -0.388 e. The summed E-state index contributed by atoms with van der Waals surface area (Å²) in [6.07, 6.45) is -3.50. The fraction of sp³-hybridized carbons (Fsp3) is 0.900. The van der Waals surface area contributed by atoms with Gasteiger partial charge in [-0.15, -0.1) is 0 Å². The van der Waals surface area contributed by atoms with Crippen LogP contribution in [0.3, 0.4) is 0 Å². The second-order valence-electron chi connectivity index (χ2n) is 3.97. The molecule has 16 heavy (non-hydrogen) atoms. The molecule has 0 aliphatic carbocycles. The van der Waals surface area contributed by atoms with Gasteiger partial charge in [0.2, 0.25) is 5.91 Å². The molecule has 0 saturated carbocycles. The summed E-state index contributed by atoms with van der Waals surface area (Å²) in [5.74, 6) is -0.227. The van der Waals surface area contributed by atoms with Crippen molar-refractivity contribution in [1.82, 2.24) is 5.32 Å². The Bertz CT molecular complexity index is 235. The number of rotatable bonds is 4. The van der Waals surface area contributed by atoms with Crippen molar-refractivity contribution in [1.29, 1.82) is 0 Å². The first-order valence-corrected chi connectivity index (χ1v) is 5.48. The molecule has 4 atom stereocenters. The molecule has 1 heterocycles. The minimum absolute atomic E-state index is 0.00898. The van der Waals surface area contributed by atoms with E-state index in [1.807, 2.05) is 6.92 Å². The third kappa shape index (κ3) is 3.41. The highest BCUT2D eigenvalue weighted by molar-refractivity contribution is 5.76. The number of amides is 1. The van der Waals surface area contributed by atoms with Gasteiger partial charge in [-0.2, -0.15) is 0 Å². The van der Waals surface area contributed by atoms with Gasteiger partial charge in [0.1, 0.15) is 18.3 Å². The molecule has 0 aromatic rings. The fourth-order valence-electron chi connectivity index (χ4n) is 1.57. The van der Waals surface area contributed by atoms with E-state index in [0.29, 0.717) is 6.54 Å². The van der Waals surface area contributed by atoms with E-state index in [4.69, 9.17) is 4.74 Å². The minimum atomic E-state index is -1.25. The van der Waals surface area contributed by atoms with Crippen LogP contribution in [-0.4, -0.2) is 58.8 Å². The van der Waals surface area contributed by atoms with Crippen LogP contribution in [0.1, 0.15) is 19.8 Å². The Morgan fingerprint density at radius 3 is 2.69 bits per heavy atom. The van der Waals surface area contributed by atoms with Gasteiger partial charge >= 0.3 is 0 Å².